The van der Waals surface area contributed by atoms with Crippen molar-refractivity contribution in [3.05, 3.63) is 0 Å². The Labute approximate surface area is 105 Å². The summed E-state index contributed by atoms with van der Waals surface area (Å²) in [5.41, 5.74) is 5.99. The van der Waals surface area contributed by atoms with Crippen molar-refractivity contribution < 1.29 is 4.79 Å². The van der Waals surface area contributed by atoms with Gasteiger partial charge >= 0.3 is 0 Å². The molecule has 0 saturated heterocycles. The number of Topliss-reactive ketones (excluding diaryl/α,β-unsaturated/α-hetero) is 1. The van der Waals surface area contributed by atoms with Crippen molar-refractivity contribution in [2.45, 2.75) is 70.8 Å². The molecule has 2 aliphatic carbocycles. The summed E-state index contributed by atoms with van der Waals surface area (Å²) in [5.74, 6) is 2.01. The van der Waals surface area contributed by atoms with Crippen LogP contribution in [0.4, 0.5) is 0 Å². The molecule has 0 radical (unpaired) electrons. The average Bonchev–Trinajstić information content (AvgIpc) is 2.38. The zero-order valence-electron chi connectivity index (χ0n) is 11.2. The lowest BCUT2D eigenvalue weighted by atomic mass is 9.72. The maximum absolute atomic E-state index is 12.5. The van der Waals surface area contributed by atoms with Gasteiger partial charge in [0.15, 0.2) is 0 Å². The van der Waals surface area contributed by atoms with E-state index in [1.807, 2.05) is 0 Å². The van der Waals surface area contributed by atoms with Gasteiger partial charge in [-0.05, 0) is 38.0 Å². The lowest BCUT2D eigenvalue weighted by molar-refractivity contribution is -0.129. The van der Waals surface area contributed by atoms with Crippen molar-refractivity contribution >= 4 is 5.78 Å². The second kappa shape index (κ2) is 5.99. The van der Waals surface area contributed by atoms with Crippen LogP contribution < -0.4 is 5.73 Å². The molecule has 0 amide bonds. The molecule has 2 aliphatic rings. The van der Waals surface area contributed by atoms with E-state index in [1.54, 1.807) is 0 Å². The third kappa shape index (κ3) is 3.31. The molecule has 0 aromatic rings. The Bertz CT molecular complexity index is 264. The molecular formula is C15H27NO. The van der Waals surface area contributed by atoms with E-state index in [-0.39, 0.29) is 6.04 Å². The quantitative estimate of drug-likeness (QED) is 0.818. The molecule has 0 heterocycles. The topological polar surface area (TPSA) is 43.1 Å². The molecule has 17 heavy (non-hydrogen) atoms. The normalized spacial score (nSPS) is 38.9. The van der Waals surface area contributed by atoms with Crippen LogP contribution in [0, 0.1) is 17.8 Å². The molecule has 2 nitrogen and oxygen atoms in total. The number of carbonyl (C=O) groups is 1. The lowest BCUT2D eigenvalue weighted by Gasteiger charge is -2.32. The van der Waals surface area contributed by atoms with Gasteiger partial charge < -0.3 is 5.73 Å². The summed E-state index contributed by atoms with van der Waals surface area (Å²) in [6.07, 6.45) is 10.5. The molecule has 0 aromatic carbocycles. The van der Waals surface area contributed by atoms with Crippen LogP contribution in [-0.2, 0) is 4.79 Å². The standard InChI is InChI=1S/C15H27NO/c1-2-11-5-3-6-12(9-11)15(17)13-7-4-8-14(16)10-13/h11-14H,2-10,16H2,1H3. The maximum atomic E-state index is 12.5. The molecule has 2 heteroatoms. The number of ketones is 1. The van der Waals surface area contributed by atoms with Crippen LogP contribution in [0.2, 0.25) is 0 Å². The summed E-state index contributed by atoms with van der Waals surface area (Å²) in [6, 6.07) is 0.281. The summed E-state index contributed by atoms with van der Waals surface area (Å²) in [5, 5.41) is 0. The molecule has 2 fully saturated rings. The van der Waals surface area contributed by atoms with Gasteiger partial charge in [0.1, 0.15) is 5.78 Å². The summed E-state index contributed by atoms with van der Waals surface area (Å²) in [6.45, 7) is 2.26. The van der Waals surface area contributed by atoms with Crippen LogP contribution in [0.5, 0.6) is 0 Å². The van der Waals surface area contributed by atoms with Gasteiger partial charge in [-0.1, -0.05) is 32.6 Å². The fourth-order valence-electron chi connectivity index (χ4n) is 3.74. The highest BCUT2D eigenvalue weighted by molar-refractivity contribution is 5.83. The lowest BCUT2D eigenvalue weighted by Crippen LogP contribution is -2.35. The number of hydrogen-bond acceptors (Lipinski definition) is 2. The fourth-order valence-corrected chi connectivity index (χ4v) is 3.74. The third-order valence-electron chi connectivity index (χ3n) is 4.88. The maximum Gasteiger partial charge on any atom is 0.139 e. The monoisotopic (exact) mass is 237 g/mol. The van der Waals surface area contributed by atoms with Gasteiger partial charge in [-0.2, -0.15) is 0 Å². The van der Waals surface area contributed by atoms with E-state index in [9.17, 15) is 4.79 Å². The van der Waals surface area contributed by atoms with Crippen molar-refractivity contribution in [3.63, 3.8) is 0 Å². The van der Waals surface area contributed by atoms with E-state index in [2.05, 4.69) is 6.92 Å². The minimum atomic E-state index is 0.281. The van der Waals surface area contributed by atoms with Gasteiger partial charge in [0, 0.05) is 17.9 Å². The number of rotatable bonds is 3. The van der Waals surface area contributed by atoms with E-state index in [0.717, 1.165) is 44.4 Å². The second-order valence-electron chi connectivity index (χ2n) is 6.16. The summed E-state index contributed by atoms with van der Waals surface area (Å²) in [7, 11) is 0. The van der Waals surface area contributed by atoms with E-state index >= 15 is 0 Å². The highest BCUT2D eigenvalue weighted by atomic mass is 16.1. The van der Waals surface area contributed by atoms with E-state index in [1.165, 1.54) is 19.3 Å². The van der Waals surface area contributed by atoms with Gasteiger partial charge in [0.25, 0.3) is 0 Å². The molecule has 0 spiro atoms. The molecule has 2 rings (SSSR count). The summed E-state index contributed by atoms with van der Waals surface area (Å²) in [4.78, 5) is 12.5. The highest BCUT2D eigenvalue weighted by Gasteiger charge is 2.33. The molecule has 4 atom stereocenters. The smallest absolute Gasteiger partial charge is 0.139 e. The third-order valence-corrected chi connectivity index (χ3v) is 4.88. The minimum Gasteiger partial charge on any atom is -0.328 e. The van der Waals surface area contributed by atoms with Crippen molar-refractivity contribution in [3.8, 4) is 0 Å². The van der Waals surface area contributed by atoms with Crippen LogP contribution in [0.25, 0.3) is 0 Å². The first kappa shape index (κ1) is 13.1. The molecule has 2 saturated carbocycles. The molecule has 0 aliphatic heterocycles. The largest absolute Gasteiger partial charge is 0.328 e. The van der Waals surface area contributed by atoms with E-state index in [0.29, 0.717) is 17.6 Å². The summed E-state index contributed by atoms with van der Waals surface area (Å²) < 4.78 is 0. The van der Waals surface area contributed by atoms with Gasteiger partial charge in [-0.15, -0.1) is 0 Å². The Hall–Kier alpha value is -0.370. The Balaban J connectivity index is 1.89. The number of carbonyl (C=O) groups excluding carboxylic acids is 1. The Morgan fingerprint density at radius 1 is 1.06 bits per heavy atom. The Morgan fingerprint density at radius 3 is 2.35 bits per heavy atom. The van der Waals surface area contributed by atoms with Gasteiger partial charge in [0.05, 0.1) is 0 Å². The van der Waals surface area contributed by atoms with Crippen LogP contribution in [0.1, 0.15) is 64.7 Å². The molecule has 2 N–H and O–H groups in total. The second-order valence-corrected chi connectivity index (χ2v) is 6.16. The zero-order valence-corrected chi connectivity index (χ0v) is 11.2. The predicted molar refractivity (Wildman–Crippen MR) is 70.7 cm³/mol. The van der Waals surface area contributed by atoms with Crippen molar-refractivity contribution in [1.82, 2.24) is 0 Å². The molecule has 4 unspecified atom stereocenters. The molecule has 0 bridgehead atoms. The van der Waals surface area contributed by atoms with Crippen molar-refractivity contribution in [1.29, 1.82) is 0 Å². The minimum absolute atomic E-state index is 0.281. The van der Waals surface area contributed by atoms with Crippen LogP contribution in [0.3, 0.4) is 0 Å². The van der Waals surface area contributed by atoms with Crippen LogP contribution >= 0.6 is 0 Å². The average molecular weight is 237 g/mol. The number of hydrogen-bond donors (Lipinski definition) is 1. The van der Waals surface area contributed by atoms with Crippen LogP contribution in [0.15, 0.2) is 0 Å². The van der Waals surface area contributed by atoms with E-state index in [4.69, 9.17) is 5.73 Å². The molecular weight excluding hydrogens is 210 g/mol. The van der Waals surface area contributed by atoms with Crippen molar-refractivity contribution in [2.24, 2.45) is 23.5 Å². The van der Waals surface area contributed by atoms with Gasteiger partial charge in [-0.3, -0.25) is 4.79 Å². The predicted octanol–water partition coefficient (Wildman–Crippen LogP) is 3.29. The SMILES string of the molecule is CCC1CCCC(C(=O)C2CCCC(N)C2)C1. The van der Waals surface area contributed by atoms with Crippen molar-refractivity contribution in [2.75, 3.05) is 0 Å². The van der Waals surface area contributed by atoms with E-state index < -0.39 is 0 Å². The first-order chi connectivity index (χ1) is 8.20. The zero-order chi connectivity index (χ0) is 12.3. The molecule has 98 valence electrons. The Kier molecular flexibility index (Phi) is 4.61. The van der Waals surface area contributed by atoms with Crippen LogP contribution in [-0.4, -0.2) is 11.8 Å². The first-order valence-corrected chi connectivity index (χ1v) is 7.50. The highest BCUT2D eigenvalue weighted by Crippen LogP contribution is 2.35. The van der Waals surface area contributed by atoms with Gasteiger partial charge in [0.2, 0.25) is 0 Å². The summed E-state index contributed by atoms with van der Waals surface area (Å²) >= 11 is 0. The first-order valence-electron chi connectivity index (χ1n) is 7.50. The fraction of sp³-hybridized carbons (Fsp3) is 0.933. The molecule has 0 aromatic heterocycles. The Morgan fingerprint density at radius 2 is 1.71 bits per heavy atom. The van der Waals surface area contributed by atoms with Gasteiger partial charge in [-0.25, -0.2) is 0 Å². The number of nitrogens with two attached hydrogens (primary N) is 1.